The van der Waals surface area contributed by atoms with Crippen molar-refractivity contribution in [3.63, 3.8) is 0 Å². The highest BCUT2D eigenvalue weighted by molar-refractivity contribution is 4.67. The minimum atomic E-state index is -5.87. The summed E-state index contributed by atoms with van der Waals surface area (Å²) in [5, 5.41) is 0. The van der Waals surface area contributed by atoms with Gasteiger partial charge in [0.25, 0.3) is 0 Å². The quantitative estimate of drug-likeness (QED) is 0.343. The standard InChI is InChI=1S/C2HF6N/c3-1(4,5)2(6,7)9-8/h9H. The Balaban J connectivity index is 4.14. The lowest BCUT2D eigenvalue weighted by molar-refractivity contribution is -0.311. The lowest BCUT2D eigenvalue weighted by Crippen LogP contribution is -2.45. The van der Waals surface area contributed by atoms with E-state index in [4.69, 9.17) is 0 Å². The molecule has 1 nitrogen and oxygen atoms in total. The molecule has 0 atom stereocenters. The Bertz CT molecular complexity index is 93.7. The van der Waals surface area contributed by atoms with Gasteiger partial charge in [0, 0.05) is 0 Å². The van der Waals surface area contributed by atoms with Crippen LogP contribution < -0.4 is 5.54 Å². The van der Waals surface area contributed by atoms with E-state index < -0.39 is 17.8 Å². The SMILES string of the molecule is FNC(F)(F)C(F)(F)F. The molecule has 7 heteroatoms. The zero-order valence-electron chi connectivity index (χ0n) is 3.77. The third kappa shape index (κ3) is 1.74. The van der Waals surface area contributed by atoms with Crippen molar-refractivity contribution >= 4 is 0 Å². The van der Waals surface area contributed by atoms with E-state index in [2.05, 4.69) is 0 Å². The molecule has 0 aliphatic rings. The normalized spacial score (nSPS) is 14.0. The smallest absolute Gasteiger partial charge is 0.175 e. The second kappa shape index (κ2) is 2.05. The summed E-state index contributed by atoms with van der Waals surface area (Å²) in [5.74, 6) is 0. The van der Waals surface area contributed by atoms with Gasteiger partial charge in [0.05, 0.1) is 0 Å². The second-order valence-corrected chi connectivity index (χ2v) is 1.17. The summed E-state index contributed by atoms with van der Waals surface area (Å²) in [7, 11) is 0. The van der Waals surface area contributed by atoms with Crippen molar-refractivity contribution in [1.29, 1.82) is 0 Å². The highest BCUT2D eigenvalue weighted by atomic mass is 19.4. The van der Waals surface area contributed by atoms with Gasteiger partial charge in [0.1, 0.15) is 0 Å². The minimum absolute atomic E-state index is 0.677. The summed E-state index contributed by atoms with van der Waals surface area (Å²) < 4.78 is 65.0. The van der Waals surface area contributed by atoms with Crippen molar-refractivity contribution in [2.75, 3.05) is 0 Å². The van der Waals surface area contributed by atoms with E-state index in [1.807, 2.05) is 0 Å². The van der Waals surface area contributed by atoms with E-state index in [9.17, 15) is 26.4 Å². The molecule has 0 bridgehead atoms. The Kier molecular flexibility index (Phi) is 1.95. The molecule has 0 aliphatic carbocycles. The van der Waals surface area contributed by atoms with Crippen LogP contribution in [0.3, 0.4) is 0 Å². The molecular formula is C2HF6N. The summed E-state index contributed by atoms with van der Waals surface area (Å²) in [6, 6.07) is -5.44. The van der Waals surface area contributed by atoms with Crippen LogP contribution in [0.1, 0.15) is 0 Å². The monoisotopic (exact) mass is 153 g/mol. The number of alkyl halides is 5. The average Bonchev–Trinajstić information content (AvgIpc) is 1.64. The third-order valence-corrected chi connectivity index (χ3v) is 0.475. The molecule has 9 heavy (non-hydrogen) atoms. The van der Waals surface area contributed by atoms with Gasteiger partial charge in [-0.15, -0.1) is 4.48 Å². The first-order chi connectivity index (χ1) is 3.81. The zero-order valence-corrected chi connectivity index (χ0v) is 3.77. The largest absolute Gasteiger partial charge is 0.471 e. The van der Waals surface area contributed by atoms with Gasteiger partial charge in [-0.3, -0.25) is 0 Å². The lowest BCUT2D eigenvalue weighted by Gasteiger charge is -2.14. The molecule has 0 rings (SSSR count). The van der Waals surface area contributed by atoms with Gasteiger partial charge in [-0.2, -0.15) is 22.0 Å². The fourth-order valence-corrected chi connectivity index (χ4v) is 0.0536. The van der Waals surface area contributed by atoms with Crippen LogP contribution in [0.25, 0.3) is 0 Å². The summed E-state index contributed by atoms with van der Waals surface area (Å²) in [4.78, 5) is 0. The zero-order chi connectivity index (χ0) is 7.71. The van der Waals surface area contributed by atoms with E-state index in [1.165, 1.54) is 0 Å². The number of hydrogen-bond donors (Lipinski definition) is 1. The molecule has 0 spiro atoms. The number of rotatable bonds is 1. The summed E-state index contributed by atoms with van der Waals surface area (Å²) in [5.41, 5.74) is -0.677. The van der Waals surface area contributed by atoms with E-state index in [0.29, 0.717) is 0 Å². The van der Waals surface area contributed by atoms with Gasteiger partial charge < -0.3 is 0 Å². The van der Waals surface area contributed by atoms with Crippen LogP contribution in [0, 0.1) is 0 Å². The molecule has 0 aromatic heterocycles. The molecule has 1 N–H and O–H groups in total. The minimum Gasteiger partial charge on any atom is -0.175 e. The number of nitrogens with one attached hydrogen (secondary N) is 1. The average molecular weight is 153 g/mol. The van der Waals surface area contributed by atoms with Crippen molar-refractivity contribution in [3.05, 3.63) is 0 Å². The fourth-order valence-electron chi connectivity index (χ4n) is 0.0536. The molecule has 56 valence electrons. The number of hydrogen-bond acceptors (Lipinski definition) is 1. The van der Waals surface area contributed by atoms with Gasteiger partial charge in [-0.25, -0.2) is 0 Å². The van der Waals surface area contributed by atoms with E-state index in [-0.39, 0.29) is 0 Å². The fraction of sp³-hybridized carbons (Fsp3) is 1.00. The van der Waals surface area contributed by atoms with E-state index in [1.54, 1.807) is 0 Å². The van der Waals surface area contributed by atoms with E-state index in [0.717, 1.165) is 0 Å². The van der Waals surface area contributed by atoms with Crippen LogP contribution in [0.4, 0.5) is 26.4 Å². The summed E-state index contributed by atoms with van der Waals surface area (Å²) in [6.45, 7) is 0. The summed E-state index contributed by atoms with van der Waals surface area (Å²) in [6.07, 6.45) is -5.87. The Labute approximate surface area is 45.6 Å². The van der Waals surface area contributed by atoms with Crippen LogP contribution in [-0.4, -0.2) is 12.2 Å². The number of halogens is 6. The maximum absolute atomic E-state index is 11.0. The molecule has 0 amide bonds. The van der Waals surface area contributed by atoms with Crippen LogP contribution >= 0.6 is 0 Å². The Morgan fingerprint density at radius 2 is 1.22 bits per heavy atom. The second-order valence-electron chi connectivity index (χ2n) is 1.17. The van der Waals surface area contributed by atoms with Crippen molar-refractivity contribution in [1.82, 2.24) is 5.54 Å². The van der Waals surface area contributed by atoms with Crippen LogP contribution in [0.2, 0.25) is 0 Å². The van der Waals surface area contributed by atoms with E-state index >= 15 is 0 Å². The van der Waals surface area contributed by atoms with Gasteiger partial charge in [-0.1, -0.05) is 5.54 Å². The van der Waals surface area contributed by atoms with Crippen molar-refractivity contribution in [2.45, 2.75) is 12.2 Å². The maximum Gasteiger partial charge on any atom is 0.471 e. The first-order valence-corrected chi connectivity index (χ1v) is 1.63. The Hall–Kier alpha value is -0.460. The van der Waals surface area contributed by atoms with Gasteiger partial charge in [0.2, 0.25) is 0 Å². The van der Waals surface area contributed by atoms with Gasteiger partial charge in [-0.05, 0) is 0 Å². The maximum atomic E-state index is 11.0. The van der Waals surface area contributed by atoms with Crippen LogP contribution in [-0.2, 0) is 0 Å². The molecule has 0 fully saturated rings. The Morgan fingerprint density at radius 3 is 1.22 bits per heavy atom. The Morgan fingerprint density at radius 1 is 0.889 bits per heavy atom. The predicted molar refractivity (Wildman–Crippen MR) is 15.2 cm³/mol. The van der Waals surface area contributed by atoms with Crippen LogP contribution in [0.5, 0.6) is 0 Å². The molecule has 0 radical (unpaired) electrons. The summed E-state index contributed by atoms with van der Waals surface area (Å²) >= 11 is 0. The molecule has 0 aliphatic heterocycles. The third-order valence-electron chi connectivity index (χ3n) is 0.475. The molecule has 0 unspecified atom stereocenters. The lowest BCUT2D eigenvalue weighted by atomic mass is 10.6. The molecular weight excluding hydrogens is 152 g/mol. The van der Waals surface area contributed by atoms with Gasteiger partial charge in [0.15, 0.2) is 0 Å². The predicted octanol–water partition coefficient (Wildman–Crippen LogP) is 1.62. The highest BCUT2D eigenvalue weighted by Crippen LogP contribution is 2.32. The molecule has 0 saturated carbocycles. The van der Waals surface area contributed by atoms with Crippen LogP contribution in [0.15, 0.2) is 0 Å². The first kappa shape index (κ1) is 8.54. The van der Waals surface area contributed by atoms with Crippen molar-refractivity contribution in [2.24, 2.45) is 0 Å². The van der Waals surface area contributed by atoms with Crippen molar-refractivity contribution < 1.29 is 26.4 Å². The van der Waals surface area contributed by atoms with Crippen molar-refractivity contribution in [3.8, 4) is 0 Å². The molecule has 0 heterocycles. The highest BCUT2D eigenvalue weighted by Gasteiger charge is 2.58. The van der Waals surface area contributed by atoms with Gasteiger partial charge >= 0.3 is 12.2 Å². The topological polar surface area (TPSA) is 12.0 Å². The molecule has 0 aromatic carbocycles. The molecule has 0 aromatic rings. The molecule has 0 saturated heterocycles. The first-order valence-electron chi connectivity index (χ1n) is 1.63.